The molecule has 0 bridgehead atoms. The summed E-state index contributed by atoms with van der Waals surface area (Å²) < 4.78 is 0. The van der Waals surface area contributed by atoms with Gasteiger partial charge >= 0.3 is 11.9 Å². The topological polar surface area (TPSA) is 130 Å². The van der Waals surface area contributed by atoms with Crippen LogP contribution in [0.25, 0.3) is 0 Å². The van der Waals surface area contributed by atoms with Crippen LogP contribution < -0.4 is 5.32 Å². The molecule has 25 heavy (non-hydrogen) atoms. The number of hydrogen-bond donors (Lipinski definition) is 3. The minimum absolute atomic E-state index is 0.116. The van der Waals surface area contributed by atoms with E-state index in [0.29, 0.717) is 0 Å². The maximum absolute atomic E-state index is 11.7. The summed E-state index contributed by atoms with van der Waals surface area (Å²) in [6.07, 6.45) is 0.159. The molecule has 2 unspecified atom stereocenters. The van der Waals surface area contributed by atoms with Crippen molar-refractivity contribution in [1.29, 1.82) is 0 Å². The minimum atomic E-state index is -1.36. The summed E-state index contributed by atoms with van der Waals surface area (Å²) in [5.74, 6) is -3.55. The SMILES string of the molecule is O=C(O)c1cc([N+](=O)[O-])cc2c1NC(c1ccccc1)CC2C(=O)O. The van der Waals surface area contributed by atoms with E-state index in [1.165, 1.54) is 0 Å². The highest BCUT2D eigenvalue weighted by Crippen LogP contribution is 2.43. The highest BCUT2D eigenvalue weighted by atomic mass is 16.6. The molecular formula is C17H14N2O6. The molecule has 2 aromatic carbocycles. The number of hydrogen-bond acceptors (Lipinski definition) is 5. The molecule has 0 fully saturated rings. The van der Waals surface area contributed by atoms with Gasteiger partial charge in [0, 0.05) is 12.1 Å². The van der Waals surface area contributed by atoms with Crippen LogP contribution in [0.4, 0.5) is 11.4 Å². The van der Waals surface area contributed by atoms with Gasteiger partial charge in [-0.25, -0.2) is 4.79 Å². The number of carboxylic acid groups (broad SMARTS) is 2. The molecule has 128 valence electrons. The van der Waals surface area contributed by atoms with Crippen LogP contribution >= 0.6 is 0 Å². The van der Waals surface area contributed by atoms with E-state index in [-0.39, 0.29) is 23.2 Å². The summed E-state index contributed by atoms with van der Waals surface area (Å²) >= 11 is 0. The van der Waals surface area contributed by atoms with Gasteiger partial charge in [0.15, 0.2) is 0 Å². The van der Waals surface area contributed by atoms with Crippen LogP contribution in [0.3, 0.4) is 0 Å². The number of carbonyl (C=O) groups is 2. The van der Waals surface area contributed by atoms with Gasteiger partial charge in [0.25, 0.3) is 5.69 Å². The lowest BCUT2D eigenvalue weighted by Gasteiger charge is -2.32. The molecule has 1 aliphatic heterocycles. The number of benzene rings is 2. The molecule has 1 heterocycles. The molecule has 1 aliphatic rings. The first-order chi connectivity index (χ1) is 11.9. The lowest BCUT2D eigenvalue weighted by Crippen LogP contribution is -2.27. The zero-order chi connectivity index (χ0) is 18.1. The second kappa shape index (κ2) is 6.23. The van der Waals surface area contributed by atoms with E-state index in [4.69, 9.17) is 0 Å². The van der Waals surface area contributed by atoms with Crippen molar-refractivity contribution in [3.63, 3.8) is 0 Å². The van der Waals surface area contributed by atoms with Gasteiger partial charge in [-0.05, 0) is 17.5 Å². The lowest BCUT2D eigenvalue weighted by atomic mass is 9.83. The van der Waals surface area contributed by atoms with Crippen LogP contribution in [0.15, 0.2) is 42.5 Å². The molecule has 0 saturated carbocycles. The quantitative estimate of drug-likeness (QED) is 0.575. The molecule has 3 N–H and O–H groups in total. The Morgan fingerprint density at radius 1 is 1.16 bits per heavy atom. The molecule has 0 radical (unpaired) electrons. The van der Waals surface area contributed by atoms with Crippen LogP contribution in [-0.2, 0) is 4.79 Å². The van der Waals surface area contributed by atoms with Crippen LogP contribution in [0.2, 0.25) is 0 Å². The maximum atomic E-state index is 11.7. The summed E-state index contributed by atoms with van der Waals surface area (Å²) in [7, 11) is 0. The Morgan fingerprint density at radius 2 is 1.84 bits per heavy atom. The van der Waals surface area contributed by atoms with Crippen molar-refractivity contribution in [3.05, 3.63) is 69.3 Å². The fourth-order valence-corrected chi connectivity index (χ4v) is 3.09. The van der Waals surface area contributed by atoms with Gasteiger partial charge < -0.3 is 15.5 Å². The smallest absolute Gasteiger partial charge is 0.338 e. The Labute approximate surface area is 141 Å². The first kappa shape index (κ1) is 16.4. The highest BCUT2D eigenvalue weighted by molar-refractivity contribution is 5.98. The van der Waals surface area contributed by atoms with E-state index in [9.17, 15) is 29.9 Å². The van der Waals surface area contributed by atoms with Crippen LogP contribution in [0.5, 0.6) is 0 Å². The first-order valence-electron chi connectivity index (χ1n) is 7.48. The van der Waals surface area contributed by atoms with Gasteiger partial charge in [0.2, 0.25) is 0 Å². The first-order valence-corrected chi connectivity index (χ1v) is 7.48. The second-order valence-electron chi connectivity index (χ2n) is 5.75. The molecular weight excluding hydrogens is 328 g/mol. The normalized spacial score (nSPS) is 18.7. The van der Waals surface area contributed by atoms with Crippen LogP contribution in [0.1, 0.15) is 39.9 Å². The molecule has 8 heteroatoms. The average molecular weight is 342 g/mol. The molecule has 2 aromatic rings. The number of nitrogens with zero attached hydrogens (tertiary/aromatic N) is 1. The van der Waals surface area contributed by atoms with E-state index >= 15 is 0 Å². The summed E-state index contributed by atoms with van der Waals surface area (Å²) in [4.78, 5) is 33.6. The maximum Gasteiger partial charge on any atom is 0.338 e. The number of non-ortho nitro benzene ring substituents is 1. The van der Waals surface area contributed by atoms with Crippen molar-refractivity contribution in [2.75, 3.05) is 5.32 Å². The predicted molar refractivity (Wildman–Crippen MR) is 87.9 cm³/mol. The summed E-state index contributed by atoms with van der Waals surface area (Å²) in [6, 6.07) is 10.7. The molecule has 3 rings (SSSR count). The molecule has 0 aromatic heterocycles. The Morgan fingerprint density at radius 3 is 2.40 bits per heavy atom. The monoisotopic (exact) mass is 342 g/mol. The van der Waals surface area contributed by atoms with Crippen molar-refractivity contribution >= 4 is 23.3 Å². The molecule has 0 saturated heterocycles. The minimum Gasteiger partial charge on any atom is -0.481 e. The van der Waals surface area contributed by atoms with Gasteiger partial charge in [-0.15, -0.1) is 0 Å². The van der Waals surface area contributed by atoms with E-state index in [2.05, 4.69) is 5.32 Å². The fourth-order valence-electron chi connectivity index (χ4n) is 3.09. The second-order valence-corrected chi connectivity index (χ2v) is 5.75. The van der Waals surface area contributed by atoms with Gasteiger partial charge in [0.05, 0.1) is 28.1 Å². The van der Waals surface area contributed by atoms with E-state index in [1.807, 2.05) is 18.2 Å². The third kappa shape index (κ3) is 3.01. The van der Waals surface area contributed by atoms with E-state index in [0.717, 1.165) is 17.7 Å². The number of nitro benzene ring substituents is 1. The van der Waals surface area contributed by atoms with Crippen molar-refractivity contribution in [3.8, 4) is 0 Å². The van der Waals surface area contributed by atoms with Crippen molar-refractivity contribution < 1.29 is 24.7 Å². The Hall–Kier alpha value is -3.42. The fraction of sp³-hybridized carbons (Fsp3) is 0.176. The van der Waals surface area contributed by atoms with Crippen molar-refractivity contribution in [2.45, 2.75) is 18.4 Å². The number of nitro groups is 1. The number of nitrogens with one attached hydrogen (secondary N) is 1. The van der Waals surface area contributed by atoms with E-state index in [1.54, 1.807) is 12.1 Å². The third-order valence-electron chi connectivity index (χ3n) is 4.26. The van der Waals surface area contributed by atoms with Gasteiger partial charge in [-0.3, -0.25) is 14.9 Å². The van der Waals surface area contributed by atoms with Gasteiger partial charge in [0.1, 0.15) is 0 Å². The molecule has 8 nitrogen and oxygen atoms in total. The van der Waals surface area contributed by atoms with Crippen molar-refractivity contribution in [1.82, 2.24) is 0 Å². The molecule has 0 amide bonds. The van der Waals surface area contributed by atoms with Crippen molar-refractivity contribution in [2.24, 2.45) is 0 Å². The van der Waals surface area contributed by atoms with Crippen LogP contribution in [-0.4, -0.2) is 27.1 Å². The van der Waals surface area contributed by atoms with E-state index < -0.39 is 34.5 Å². The molecule has 0 aliphatic carbocycles. The average Bonchev–Trinajstić information content (AvgIpc) is 2.60. The lowest BCUT2D eigenvalue weighted by molar-refractivity contribution is -0.384. The largest absolute Gasteiger partial charge is 0.481 e. The number of aromatic carboxylic acids is 1. The zero-order valence-electron chi connectivity index (χ0n) is 12.9. The zero-order valence-corrected chi connectivity index (χ0v) is 12.9. The number of aliphatic carboxylic acids is 1. The Balaban J connectivity index is 2.18. The summed E-state index contributed by atoms with van der Waals surface area (Å²) in [6.45, 7) is 0. The summed E-state index contributed by atoms with van der Waals surface area (Å²) in [5.41, 5.74) is 0.296. The molecule has 0 spiro atoms. The standard InChI is InChI=1S/C17H14N2O6/c20-16(21)12-8-14(9-4-2-1-3-5-9)18-15-11(12)6-10(19(24)25)7-13(15)17(22)23/h1-7,12,14,18H,8H2,(H,20,21)(H,22,23). The third-order valence-corrected chi connectivity index (χ3v) is 4.26. The Kier molecular flexibility index (Phi) is 4.10. The van der Waals surface area contributed by atoms with Gasteiger partial charge in [-0.2, -0.15) is 0 Å². The number of anilines is 1. The number of fused-ring (bicyclic) bond motifs is 1. The molecule has 2 atom stereocenters. The summed E-state index contributed by atoms with van der Waals surface area (Å²) in [5, 5.41) is 33.1. The number of carboxylic acids is 2. The number of rotatable bonds is 4. The Bertz CT molecular complexity index is 865. The highest BCUT2D eigenvalue weighted by Gasteiger charge is 2.36. The predicted octanol–water partition coefficient (Wildman–Crippen LogP) is 3.02. The van der Waals surface area contributed by atoms with Gasteiger partial charge in [-0.1, -0.05) is 30.3 Å². The van der Waals surface area contributed by atoms with Crippen LogP contribution in [0, 0.1) is 10.1 Å².